The molecule has 0 fully saturated rings. The molecule has 148 valence electrons. The molecule has 0 radical (unpaired) electrons. The van der Waals surface area contributed by atoms with Gasteiger partial charge in [-0.05, 0) is 18.6 Å². The van der Waals surface area contributed by atoms with Crippen molar-refractivity contribution < 1.29 is 17.7 Å². The highest BCUT2D eigenvalue weighted by Crippen LogP contribution is 2.10. The maximum Gasteiger partial charge on any atom is 0.314 e. The first-order chi connectivity index (χ1) is 12.9. The summed E-state index contributed by atoms with van der Waals surface area (Å²) in [5.74, 6) is 1.20. The summed E-state index contributed by atoms with van der Waals surface area (Å²) in [5, 5.41) is 9.06. The van der Waals surface area contributed by atoms with Gasteiger partial charge < -0.3 is 15.2 Å². The van der Waals surface area contributed by atoms with E-state index < -0.39 is 16.1 Å². The number of hydrogen-bond acceptors (Lipinski definition) is 6. The smallest absolute Gasteiger partial charge is 0.314 e. The molecule has 10 heteroatoms. The van der Waals surface area contributed by atoms with Crippen LogP contribution in [0.3, 0.4) is 0 Å². The number of anilines is 1. The maximum atomic E-state index is 11.9. The lowest BCUT2D eigenvalue weighted by atomic mass is 10.2. The average Bonchev–Trinajstić information content (AvgIpc) is 3.08. The first-order valence-corrected chi connectivity index (χ1v) is 10.4. The van der Waals surface area contributed by atoms with Crippen molar-refractivity contribution in [2.45, 2.75) is 32.6 Å². The van der Waals surface area contributed by atoms with E-state index in [1.54, 1.807) is 30.3 Å². The molecule has 1 aromatic heterocycles. The first-order valence-electron chi connectivity index (χ1n) is 8.75. The number of nitrogens with zero attached hydrogens (tertiary/aromatic N) is 2. The highest BCUT2D eigenvalue weighted by Gasteiger charge is 2.11. The van der Waals surface area contributed by atoms with Gasteiger partial charge in [0.05, 0.1) is 5.75 Å². The van der Waals surface area contributed by atoms with Crippen molar-refractivity contribution in [2.75, 3.05) is 23.6 Å². The molecule has 0 aliphatic rings. The summed E-state index contributed by atoms with van der Waals surface area (Å²) < 4.78 is 31.5. The van der Waals surface area contributed by atoms with E-state index in [1.165, 1.54) is 0 Å². The Morgan fingerprint density at radius 3 is 2.52 bits per heavy atom. The molecule has 9 nitrogen and oxygen atoms in total. The van der Waals surface area contributed by atoms with Crippen molar-refractivity contribution in [1.82, 2.24) is 20.8 Å². The van der Waals surface area contributed by atoms with Crippen LogP contribution >= 0.6 is 0 Å². The number of aromatic nitrogens is 2. The molecule has 0 saturated carbocycles. The fourth-order valence-corrected chi connectivity index (χ4v) is 3.11. The van der Waals surface area contributed by atoms with Gasteiger partial charge in [0.25, 0.3) is 0 Å². The molecule has 2 amide bonds. The van der Waals surface area contributed by atoms with Crippen molar-refractivity contribution in [2.24, 2.45) is 0 Å². The Labute approximate surface area is 159 Å². The van der Waals surface area contributed by atoms with Crippen molar-refractivity contribution in [3.63, 3.8) is 0 Å². The van der Waals surface area contributed by atoms with Crippen LogP contribution in [0.1, 0.15) is 37.9 Å². The second kappa shape index (κ2) is 9.91. The molecule has 27 heavy (non-hydrogen) atoms. The Balaban J connectivity index is 1.60. The summed E-state index contributed by atoms with van der Waals surface area (Å²) >= 11 is 0. The van der Waals surface area contributed by atoms with Gasteiger partial charge in [0.2, 0.25) is 15.9 Å². The van der Waals surface area contributed by atoms with Crippen LogP contribution < -0.4 is 15.4 Å². The third-order valence-electron chi connectivity index (χ3n) is 3.56. The lowest BCUT2D eigenvalue weighted by Gasteiger charge is -2.09. The minimum atomic E-state index is -3.52. The fourth-order valence-electron chi connectivity index (χ4n) is 2.14. The quantitative estimate of drug-likeness (QED) is 0.527. The summed E-state index contributed by atoms with van der Waals surface area (Å²) in [6, 6.07) is 8.17. The molecule has 0 aliphatic heterocycles. The number of hydrogen-bond donors (Lipinski definition) is 3. The minimum Gasteiger partial charge on any atom is -0.339 e. The number of para-hydroxylation sites is 1. The third-order valence-corrected chi connectivity index (χ3v) is 4.84. The van der Waals surface area contributed by atoms with Gasteiger partial charge in [-0.1, -0.05) is 37.2 Å². The van der Waals surface area contributed by atoms with E-state index in [9.17, 15) is 13.2 Å². The molecule has 2 aromatic rings. The molecule has 0 saturated heterocycles. The first kappa shape index (κ1) is 20.7. The Hall–Kier alpha value is -2.62. The van der Waals surface area contributed by atoms with E-state index in [4.69, 9.17) is 4.52 Å². The number of rotatable bonds is 10. The molecule has 1 heterocycles. The number of carbonyl (C=O) groups excluding carboxylic acids is 1. The predicted octanol–water partition coefficient (Wildman–Crippen LogP) is 1.87. The number of nitrogens with one attached hydrogen (secondary N) is 3. The topological polar surface area (TPSA) is 126 Å². The van der Waals surface area contributed by atoms with Gasteiger partial charge in [-0.3, -0.25) is 4.72 Å². The number of carbonyl (C=O) groups is 1. The van der Waals surface area contributed by atoms with Gasteiger partial charge in [-0.2, -0.15) is 4.98 Å². The van der Waals surface area contributed by atoms with Gasteiger partial charge >= 0.3 is 6.03 Å². The van der Waals surface area contributed by atoms with Crippen LogP contribution in [0.25, 0.3) is 0 Å². The zero-order valence-electron chi connectivity index (χ0n) is 15.4. The van der Waals surface area contributed by atoms with Gasteiger partial charge in [-0.25, -0.2) is 13.2 Å². The molecule has 0 spiro atoms. The maximum absolute atomic E-state index is 11.9. The number of urea groups is 1. The third kappa shape index (κ3) is 7.65. The van der Waals surface area contributed by atoms with Gasteiger partial charge in [0, 0.05) is 31.1 Å². The van der Waals surface area contributed by atoms with E-state index in [0.717, 1.165) is 0 Å². The normalized spacial score (nSPS) is 11.4. The highest BCUT2D eigenvalue weighted by molar-refractivity contribution is 7.92. The van der Waals surface area contributed by atoms with Crippen molar-refractivity contribution >= 4 is 21.7 Å². The van der Waals surface area contributed by atoms with E-state index in [-0.39, 0.29) is 18.2 Å². The van der Waals surface area contributed by atoms with E-state index in [2.05, 4.69) is 25.5 Å². The fraction of sp³-hybridized carbons (Fsp3) is 0.471. The Morgan fingerprint density at radius 1 is 1.15 bits per heavy atom. The predicted molar refractivity (Wildman–Crippen MR) is 102 cm³/mol. The van der Waals surface area contributed by atoms with E-state index >= 15 is 0 Å². The summed E-state index contributed by atoms with van der Waals surface area (Å²) in [6.07, 6.45) is 1.20. The molecular weight excluding hydrogens is 370 g/mol. The number of amides is 2. The van der Waals surface area contributed by atoms with Gasteiger partial charge in [-0.15, -0.1) is 0 Å². The van der Waals surface area contributed by atoms with Crippen LogP contribution in [0, 0.1) is 0 Å². The van der Waals surface area contributed by atoms with E-state index in [1.807, 2.05) is 13.8 Å². The Morgan fingerprint density at radius 2 is 1.85 bits per heavy atom. The van der Waals surface area contributed by atoms with Gasteiger partial charge in [0.1, 0.15) is 0 Å². The number of sulfonamides is 1. The molecule has 1 aromatic carbocycles. The Kier molecular flexibility index (Phi) is 7.59. The molecule has 3 N–H and O–H groups in total. The number of aryl methyl sites for hydroxylation is 1. The Bertz CT molecular complexity index is 821. The lowest BCUT2D eigenvalue weighted by Crippen LogP contribution is -2.39. The van der Waals surface area contributed by atoms with Crippen LogP contribution in [-0.2, 0) is 16.4 Å². The molecule has 2 rings (SSSR count). The monoisotopic (exact) mass is 395 g/mol. The molecule has 0 bridgehead atoms. The van der Waals surface area contributed by atoms with Crippen molar-refractivity contribution in [3.05, 3.63) is 42.0 Å². The van der Waals surface area contributed by atoms with Crippen LogP contribution in [0.4, 0.5) is 10.5 Å². The number of benzene rings is 1. The summed E-state index contributed by atoms with van der Waals surface area (Å²) in [7, 11) is -3.52. The lowest BCUT2D eigenvalue weighted by molar-refractivity contribution is 0.241. The average molecular weight is 395 g/mol. The molecular formula is C17H25N5O4S. The largest absolute Gasteiger partial charge is 0.339 e. The van der Waals surface area contributed by atoms with Crippen LogP contribution in [0.15, 0.2) is 34.9 Å². The molecule has 0 aliphatic carbocycles. The summed E-state index contributed by atoms with van der Waals surface area (Å²) in [4.78, 5) is 16.0. The van der Waals surface area contributed by atoms with Crippen LogP contribution in [0.2, 0.25) is 0 Å². The summed E-state index contributed by atoms with van der Waals surface area (Å²) in [6.45, 7) is 4.39. The minimum absolute atomic E-state index is 0.00933. The molecule has 0 unspecified atom stereocenters. The zero-order chi connectivity index (χ0) is 19.7. The van der Waals surface area contributed by atoms with Crippen LogP contribution in [0.5, 0.6) is 0 Å². The zero-order valence-corrected chi connectivity index (χ0v) is 16.3. The van der Waals surface area contributed by atoms with Gasteiger partial charge in [0.15, 0.2) is 5.82 Å². The second-order valence-electron chi connectivity index (χ2n) is 6.27. The highest BCUT2D eigenvalue weighted by atomic mass is 32.2. The standard InChI is InChI=1S/C17H25N5O4S/c1-13(2)16-20-15(26-21-16)9-6-10-18-17(23)19-11-12-27(24,25)22-14-7-4-3-5-8-14/h3-5,7-8,13,22H,6,9-12H2,1-2H3,(H2,18,19,23). The SMILES string of the molecule is CC(C)c1noc(CCCNC(=O)NCCS(=O)(=O)Nc2ccccc2)n1. The molecule has 0 atom stereocenters. The van der Waals surface area contributed by atoms with E-state index in [0.29, 0.717) is 36.8 Å². The summed E-state index contributed by atoms with van der Waals surface area (Å²) in [5.41, 5.74) is 0.489. The van der Waals surface area contributed by atoms with Crippen LogP contribution in [-0.4, -0.2) is 43.4 Å². The van der Waals surface area contributed by atoms with Crippen molar-refractivity contribution in [3.8, 4) is 0 Å². The second-order valence-corrected chi connectivity index (χ2v) is 8.12. The van der Waals surface area contributed by atoms with Crippen molar-refractivity contribution in [1.29, 1.82) is 0 Å².